The molecule has 1 aromatic carbocycles. The van der Waals surface area contributed by atoms with Gasteiger partial charge in [-0.15, -0.1) is 11.6 Å². The van der Waals surface area contributed by atoms with Crippen LogP contribution in [0.1, 0.15) is 5.56 Å². The van der Waals surface area contributed by atoms with Gasteiger partial charge < -0.3 is 9.64 Å². The molecule has 1 aliphatic rings. The van der Waals surface area contributed by atoms with E-state index in [1.54, 1.807) is 4.90 Å². The highest BCUT2D eigenvalue weighted by atomic mass is 35.5. The lowest BCUT2D eigenvalue weighted by atomic mass is 10.1. The van der Waals surface area contributed by atoms with E-state index in [-0.39, 0.29) is 17.8 Å². The Morgan fingerprint density at radius 2 is 2.19 bits per heavy atom. The summed E-state index contributed by atoms with van der Waals surface area (Å²) in [5, 5.41) is 0. The lowest BCUT2D eigenvalue weighted by Gasteiger charge is -2.21. The van der Waals surface area contributed by atoms with Crippen molar-refractivity contribution in [3.8, 4) is 0 Å². The molecule has 0 radical (unpaired) electrons. The van der Waals surface area contributed by atoms with Crippen LogP contribution in [0.15, 0.2) is 30.3 Å². The zero-order chi connectivity index (χ0) is 11.4. The van der Waals surface area contributed by atoms with Gasteiger partial charge in [-0.3, -0.25) is 4.79 Å². The van der Waals surface area contributed by atoms with Gasteiger partial charge in [0.2, 0.25) is 5.91 Å². The molecular formula is C12H14ClNO2. The predicted molar refractivity (Wildman–Crippen MR) is 62.3 cm³/mol. The van der Waals surface area contributed by atoms with E-state index in [0.29, 0.717) is 13.3 Å². The Balaban J connectivity index is 2.01. The summed E-state index contributed by atoms with van der Waals surface area (Å²) in [5.41, 5.74) is 1.21. The summed E-state index contributed by atoms with van der Waals surface area (Å²) in [6.07, 6.45) is 0.823. The van der Waals surface area contributed by atoms with E-state index in [1.165, 1.54) is 5.56 Å². The fourth-order valence-electron chi connectivity index (χ4n) is 1.89. The first kappa shape index (κ1) is 11.4. The molecule has 3 nitrogen and oxygen atoms in total. The van der Waals surface area contributed by atoms with Gasteiger partial charge in [-0.2, -0.15) is 0 Å². The minimum atomic E-state index is -0.0555. The van der Waals surface area contributed by atoms with E-state index in [9.17, 15) is 4.79 Å². The summed E-state index contributed by atoms with van der Waals surface area (Å²) >= 11 is 5.55. The highest BCUT2D eigenvalue weighted by Gasteiger charge is 2.28. The standard InChI is InChI=1S/C12H14ClNO2/c13-7-12(15)14-9-16-8-11(14)6-10-4-2-1-3-5-10/h1-5,11H,6-9H2/t11-/m0/s1. The molecule has 0 unspecified atom stereocenters. The number of carbonyl (C=O) groups is 1. The number of ether oxygens (including phenoxy) is 1. The average molecular weight is 240 g/mol. The maximum Gasteiger partial charge on any atom is 0.239 e. The maximum atomic E-state index is 11.5. The van der Waals surface area contributed by atoms with Crippen molar-refractivity contribution < 1.29 is 9.53 Å². The van der Waals surface area contributed by atoms with Crippen LogP contribution in [0, 0.1) is 0 Å². The lowest BCUT2D eigenvalue weighted by molar-refractivity contribution is -0.130. The molecule has 0 aliphatic carbocycles. The maximum absolute atomic E-state index is 11.5. The van der Waals surface area contributed by atoms with Crippen molar-refractivity contribution in [3.63, 3.8) is 0 Å². The van der Waals surface area contributed by atoms with Crippen LogP contribution in [0.3, 0.4) is 0 Å². The van der Waals surface area contributed by atoms with Crippen LogP contribution in [-0.4, -0.2) is 36.1 Å². The third-order valence-corrected chi connectivity index (χ3v) is 2.96. The number of nitrogens with zero attached hydrogens (tertiary/aromatic N) is 1. The molecule has 16 heavy (non-hydrogen) atoms. The SMILES string of the molecule is O=C(CCl)N1COC[C@@H]1Cc1ccccc1. The van der Waals surface area contributed by atoms with Gasteiger partial charge in [0.1, 0.15) is 12.6 Å². The van der Waals surface area contributed by atoms with Crippen molar-refractivity contribution in [1.29, 1.82) is 0 Å². The predicted octanol–water partition coefficient (Wildman–Crippen LogP) is 1.65. The van der Waals surface area contributed by atoms with Crippen molar-refractivity contribution in [3.05, 3.63) is 35.9 Å². The van der Waals surface area contributed by atoms with Crippen LogP contribution < -0.4 is 0 Å². The van der Waals surface area contributed by atoms with Crippen molar-refractivity contribution in [2.45, 2.75) is 12.5 Å². The molecule has 0 saturated carbocycles. The molecule has 1 fully saturated rings. The van der Waals surface area contributed by atoms with Crippen molar-refractivity contribution in [2.24, 2.45) is 0 Å². The van der Waals surface area contributed by atoms with E-state index >= 15 is 0 Å². The number of benzene rings is 1. The van der Waals surface area contributed by atoms with E-state index in [2.05, 4.69) is 12.1 Å². The van der Waals surface area contributed by atoms with Gasteiger partial charge in [-0.1, -0.05) is 30.3 Å². The summed E-state index contributed by atoms with van der Waals surface area (Å²) in [6.45, 7) is 0.959. The van der Waals surface area contributed by atoms with Gasteiger partial charge in [0, 0.05) is 0 Å². The first-order chi connectivity index (χ1) is 7.81. The van der Waals surface area contributed by atoms with Crippen molar-refractivity contribution >= 4 is 17.5 Å². The molecule has 2 rings (SSSR count). The zero-order valence-corrected chi connectivity index (χ0v) is 9.69. The highest BCUT2D eigenvalue weighted by molar-refractivity contribution is 6.27. The summed E-state index contributed by atoms with van der Waals surface area (Å²) < 4.78 is 5.31. The summed E-state index contributed by atoms with van der Waals surface area (Å²) in [5.74, 6) is -0.0330. The number of halogens is 1. The van der Waals surface area contributed by atoms with E-state index in [0.717, 1.165) is 6.42 Å². The first-order valence-corrected chi connectivity index (χ1v) is 5.82. The normalized spacial score (nSPS) is 20.1. The first-order valence-electron chi connectivity index (χ1n) is 5.28. The Labute approximate surface area is 100.0 Å². The van der Waals surface area contributed by atoms with Crippen LogP contribution in [0.5, 0.6) is 0 Å². The Hall–Kier alpha value is -1.06. The molecule has 1 heterocycles. The van der Waals surface area contributed by atoms with Crippen LogP contribution in [0.4, 0.5) is 0 Å². The summed E-state index contributed by atoms with van der Waals surface area (Å²) in [6, 6.07) is 10.2. The topological polar surface area (TPSA) is 29.5 Å². The van der Waals surface area contributed by atoms with Gasteiger partial charge in [-0.25, -0.2) is 0 Å². The number of carbonyl (C=O) groups excluding carboxylic acids is 1. The fraction of sp³-hybridized carbons (Fsp3) is 0.417. The monoisotopic (exact) mass is 239 g/mol. The molecule has 1 aromatic rings. The molecule has 0 N–H and O–H groups in total. The van der Waals surface area contributed by atoms with E-state index in [4.69, 9.17) is 16.3 Å². The average Bonchev–Trinajstić information content (AvgIpc) is 2.77. The minimum Gasteiger partial charge on any atom is -0.359 e. The largest absolute Gasteiger partial charge is 0.359 e. The summed E-state index contributed by atoms with van der Waals surface area (Å²) in [7, 11) is 0. The molecule has 1 saturated heterocycles. The van der Waals surface area contributed by atoms with Crippen LogP contribution in [0.25, 0.3) is 0 Å². The van der Waals surface area contributed by atoms with Gasteiger partial charge in [0.05, 0.1) is 12.6 Å². The minimum absolute atomic E-state index is 0.0225. The van der Waals surface area contributed by atoms with E-state index in [1.807, 2.05) is 18.2 Å². The molecule has 1 aliphatic heterocycles. The van der Waals surface area contributed by atoms with E-state index < -0.39 is 0 Å². The Morgan fingerprint density at radius 1 is 1.44 bits per heavy atom. The fourth-order valence-corrected chi connectivity index (χ4v) is 2.04. The second-order valence-corrected chi connectivity index (χ2v) is 4.11. The second kappa shape index (κ2) is 5.32. The number of rotatable bonds is 3. The number of hydrogen-bond donors (Lipinski definition) is 0. The Bertz CT molecular complexity index is 355. The third kappa shape index (κ3) is 2.54. The van der Waals surface area contributed by atoms with Crippen molar-refractivity contribution in [2.75, 3.05) is 19.2 Å². The number of amides is 1. The van der Waals surface area contributed by atoms with Gasteiger partial charge in [0.25, 0.3) is 0 Å². The molecule has 0 aromatic heterocycles. The summed E-state index contributed by atoms with van der Waals surface area (Å²) in [4.78, 5) is 13.2. The number of hydrogen-bond acceptors (Lipinski definition) is 2. The third-order valence-electron chi connectivity index (χ3n) is 2.73. The quantitative estimate of drug-likeness (QED) is 0.751. The van der Waals surface area contributed by atoms with Crippen LogP contribution >= 0.6 is 11.6 Å². The Kier molecular flexibility index (Phi) is 3.80. The smallest absolute Gasteiger partial charge is 0.239 e. The molecule has 0 bridgehead atoms. The van der Waals surface area contributed by atoms with Gasteiger partial charge in [0.15, 0.2) is 0 Å². The van der Waals surface area contributed by atoms with Crippen LogP contribution in [0.2, 0.25) is 0 Å². The molecule has 1 atom stereocenters. The second-order valence-electron chi connectivity index (χ2n) is 3.84. The molecule has 86 valence electrons. The van der Waals surface area contributed by atoms with Gasteiger partial charge in [-0.05, 0) is 12.0 Å². The molecular weight excluding hydrogens is 226 g/mol. The molecule has 0 spiro atoms. The Morgan fingerprint density at radius 3 is 2.88 bits per heavy atom. The van der Waals surface area contributed by atoms with Crippen molar-refractivity contribution in [1.82, 2.24) is 4.90 Å². The highest BCUT2D eigenvalue weighted by Crippen LogP contribution is 2.15. The molecule has 1 amide bonds. The van der Waals surface area contributed by atoms with Crippen LogP contribution in [-0.2, 0) is 16.0 Å². The number of alkyl halides is 1. The molecule has 4 heteroatoms. The zero-order valence-electron chi connectivity index (χ0n) is 8.93. The lowest BCUT2D eigenvalue weighted by Crippen LogP contribution is -2.38. The van der Waals surface area contributed by atoms with Gasteiger partial charge >= 0.3 is 0 Å².